The van der Waals surface area contributed by atoms with Crippen molar-refractivity contribution in [2.24, 2.45) is 5.41 Å². The molecule has 0 saturated heterocycles. The zero-order valence-electron chi connectivity index (χ0n) is 53.0. The van der Waals surface area contributed by atoms with Crippen molar-refractivity contribution in [1.82, 2.24) is 0 Å². The van der Waals surface area contributed by atoms with Gasteiger partial charge in [0.05, 0.1) is 56.9 Å². The zero-order valence-corrected chi connectivity index (χ0v) is 53.0. The van der Waals surface area contributed by atoms with E-state index in [0.717, 1.165) is 159 Å². The number of hydrogen-bond acceptors (Lipinski definition) is 12. The van der Waals surface area contributed by atoms with Crippen molar-refractivity contribution >= 4 is 80.2 Å². The second kappa shape index (κ2) is 24.9. The Morgan fingerprint density at radius 2 is 0.430 bits per heavy atom. The third-order valence-corrected chi connectivity index (χ3v) is 17.9. The van der Waals surface area contributed by atoms with E-state index in [1.165, 1.54) is 0 Å². The van der Waals surface area contributed by atoms with Gasteiger partial charge in [-0.05, 0) is 287 Å². The summed E-state index contributed by atoms with van der Waals surface area (Å²) in [7, 11) is 13.6. The van der Waals surface area contributed by atoms with Crippen molar-refractivity contribution in [3.05, 3.63) is 300 Å². The predicted molar refractivity (Wildman–Crippen MR) is 375 cm³/mol. The summed E-state index contributed by atoms with van der Waals surface area (Å²) in [6, 6.07) is 79.7. The van der Waals surface area contributed by atoms with Gasteiger partial charge in [-0.25, -0.2) is 0 Å². The van der Waals surface area contributed by atoms with E-state index in [-0.39, 0.29) is 0 Å². The molecule has 0 heterocycles. The molecule has 93 heavy (non-hydrogen) atoms. The number of methoxy groups -OCH3 is 8. The van der Waals surface area contributed by atoms with E-state index in [1.54, 1.807) is 56.9 Å². The topological polar surface area (TPSA) is 86.8 Å². The van der Waals surface area contributed by atoms with Crippen LogP contribution in [0.2, 0.25) is 0 Å². The minimum atomic E-state index is -1.15. The van der Waals surface area contributed by atoms with Crippen molar-refractivity contribution < 1.29 is 37.9 Å². The summed E-state index contributed by atoms with van der Waals surface area (Å²) in [5.41, 5.74) is 18.9. The first-order chi connectivity index (χ1) is 45.7. The van der Waals surface area contributed by atoms with Gasteiger partial charge in [0.15, 0.2) is 0 Å². The van der Waals surface area contributed by atoms with Gasteiger partial charge in [-0.15, -0.1) is 0 Å². The second-order valence-electron chi connectivity index (χ2n) is 22.6. The lowest BCUT2D eigenvalue weighted by atomic mass is 9.60. The molecule has 0 unspecified atom stereocenters. The first-order valence-electron chi connectivity index (χ1n) is 30.6. The summed E-state index contributed by atoms with van der Waals surface area (Å²) >= 11 is 0. The van der Waals surface area contributed by atoms with Crippen LogP contribution in [0.3, 0.4) is 0 Å². The Labute approximate surface area is 542 Å². The van der Waals surface area contributed by atoms with Crippen molar-refractivity contribution in [2.45, 2.75) is 0 Å². The van der Waals surface area contributed by atoms with Gasteiger partial charge in [0.1, 0.15) is 51.4 Å². The molecule has 0 saturated carbocycles. The minimum absolute atomic E-state index is 0.739. The average Bonchev–Trinajstić information content (AvgIpc) is 1.61. The molecule has 460 valence electrons. The van der Waals surface area contributed by atoms with Gasteiger partial charge in [-0.2, -0.15) is 0 Å². The standard InChI is InChI=1S/C81H68N4O8/c1-86-65-27-9-55(10-28-65)82(56-11-29-66(87-2)30-12-56)63-25-43-73-53(49-63)51-77-75(73)45-47-79(84(59-17-35-69(90-5)36-18-59)60-19-37-70(91-6)38-20-60)81(77)78-52-54-50-64(83(57-13-31-67(88-3)32-14-57)58-15-33-68(89-4)34-16-58)26-44-74(54)76(78)46-48-80(81)85(61-21-39-71(92-7)40-22-61)62-23-41-72(93-8)42-24-62/h9-52H,1-8H3. The summed E-state index contributed by atoms with van der Waals surface area (Å²) in [5, 5.41) is 0. The predicted octanol–water partition coefficient (Wildman–Crippen LogP) is 19.4. The van der Waals surface area contributed by atoms with E-state index >= 15 is 0 Å². The Hall–Kier alpha value is -11.8. The molecule has 10 aromatic carbocycles. The number of allylic oxidation sites excluding steroid dienone is 6. The molecule has 4 aliphatic rings. The summed E-state index contributed by atoms with van der Waals surface area (Å²) in [6.07, 6.45) is 14.2. The summed E-state index contributed by atoms with van der Waals surface area (Å²) in [6.45, 7) is 0. The van der Waals surface area contributed by atoms with Gasteiger partial charge < -0.3 is 57.5 Å². The summed E-state index contributed by atoms with van der Waals surface area (Å²) in [5.74, 6) is 6.03. The molecule has 10 aromatic rings. The van der Waals surface area contributed by atoms with Crippen LogP contribution in [0, 0.1) is 5.41 Å². The van der Waals surface area contributed by atoms with E-state index in [2.05, 4.69) is 190 Å². The van der Waals surface area contributed by atoms with Crippen LogP contribution in [0.4, 0.5) is 56.9 Å². The van der Waals surface area contributed by atoms with Crippen molar-refractivity contribution in [3.8, 4) is 46.0 Å². The van der Waals surface area contributed by atoms with Crippen LogP contribution in [0.15, 0.2) is 277 Å². The summed E-state index contributed by atoms with van der Waals surface area (Å²) in [4.78, 5) is 9.36. The van der Waals surface area contributed by atoms with E-state index in [4.69, 9.17) is 37.9 Å². The Morgan fingerprint density at radius 1 is 0.226 bits per heavy atom. The third kappa shape index (κ3) is 10.5. The van der Waals surface area contributed by atoms with E-state index in [1.807, 2.05) is 97.1 Å². The largest absolute Gasteiger partial charge is 0.497 e. The molecule has 0 N–H and O–H groups in total. The van der Waals surface area contributed by atoms with Gasteiger partial charge in [0.25, 0.3) is 0 Å². The molecule has 0 aromatic heterocycles. The zero-order chi connectivity index (χ0) is 63.7. The monoisotopic (exact) mass is 1220 g/mol. The maximum Gasteiger partial charge on any atom is 0.119 e. The van der Waals surface area contributed by atoms with Crippen LogP contribution in [0.25, 0.3) is 23.3 Å². The quantitative estimate of drug-likeness (QED) is 0.0728. The second-order valence-corrected chi connectivity index (χ2v) is 22.6. The minimum Gasteiger partial charge on any atom is -0.497 e. The van der Waals surface area contributed by atoms with Crippen LogP contribution in [-0.4, -0.2) is 56.9 Å². The van der Waals surface area contributed by atoms with Gasteiger partial charge >= 0.3 is 0 Å². The number of fused-ring (bicyclic) bond motifs is 8. The maximum absolute atomic E-state index is 5.86. The fraction of sp³-hybridized carbons (Fsp3) is 0.111. The van der Waals surface area contributed by atoms with Crippen LogP contribution >= 0.6 is 0 Å². The lowest BCUT2D eigenvalue weighted by Crippen LogP contribution is -2.44. The van der Waals surface area contributed by atoms with Crippen LogP contribution in [-0.2, 0) is 0 Å². The lowest BCUT2D eigenvalue weighted by molar-refractivity contribution is 0.414. The Balaban J connectivity index is 1.06. The number of hydrogen-bond donors (Lipinski definition) is 0. The van der Waals surface area contributed by atoms with Gasteiger partial charge in [-0.1, -0.05) is 24.3 Å². The molecule has 0 atom stereocenters. The first kappa shape index (κ1) is 58.9. The number of ether oxygens (including phenoxy) is 8. The van der Waals surface area contributed by atoms with Gasteiger partial charge in [-0.3, -0.25) is 0 Å². The molecular weight excluding hydrogens is 1160 g/mol. The molecule has 4 aliphatic carbocycles. The highest BCUT2D eigenvalue weighted by Crippen LogP contribution is 2.67. The van der Waals surface area contributed by atoms with Gasteiger partial charge in [0.2, 0.25) is 0 Å². The van der Waals surface area contributed by atoms with Gasteiger partial charge in [0, 0.05) is 68.3 Å². The Bertz CT molecular complexity index is 4120. The highest BCUT2D eigenvalue weighted by molar-refractivity contribution is 6.09. The molecule has 12 nitrogen and oxygen atoms in total. The highest BCUT2D eigenvalue weighted by atomic mass is 16.5. The van der Waals surface area contributed by atoms with Crippen LogP contribution in [0.5, 0.6) is 46.0 Å². The fourth-order valence-corrected chi connectivity index (χ4v) is 13.3. The molecule has 12 heteroatoms. The third-order valence-electron chi connectivity index (χ3n) is 17.9. The molecular formula is C81H68N4O8. The molecule has 0 amide bonds. The Kier molecular flexibility index (Phi) is 15.8. The normalized spacial score (nSPS) is 13.6. The highest BCUT2D eigenvalue weighted by Gasteiger charge is 2.56. The smallest absolute Gasteiger partial charge is 0.119 e. The van der Waals surface area contributed by atoms with Crippen molar-refractivity contribution in [3.63, 3.8) is 0 Å². The average molecular weight is 1230 g/mol. The summed E-state index contributed by atoms with van der Waals surface area (Å²) < 4.78 is 46.2. The number of anilines is 10. The van der Waals surface area contributed by atoms with E-state index in [9.17, 15) is 0 Å². The molecule has 0 fully saturated rings. The number of nitrogens with zero attached hydrogens (tertiary/aromatic N) is 4. The molecule has 0 aliphatic heterocycles. The molecule has 0 radical (unpaired) electrons. The molecule has 14 rings (SSSR count). The Morgan fingerprint density at radius 3 is 0.645 bits per heavy atom. The van der Waals surface area contributed by atoms with Crippen molar-refractivity contribution in [2.75, 3.05) is 76.5 Å². The van der Waals surface area contributed by atoms with E-state index < -0.39 is 5.41 Å². The van der Waals surface area contributed by atoms with Crippen LogP contribution in [0.1, 0.15) is 22.3 Å². The SMILES string of the molecule is COc1ccc(N(C2=CC=C3C(=Cc4cc(N(c5ccc(OC)cc5)c5ccc(OC)cc5)ccc43)C23C2=Cc4cc(N(c5ccc(OC)cc5)c5ccc(OC)cc5)ccc4C2=CC=C3N(c2ccc(OC)cc2)c2ccc(OC)cc2)c2ccc(OC)cc2)cc1. The molecule has 0 bridgehead atoms. The molecule has 1 spiro atoms. The lowest BCUT2D eigenvalue weighted by Gasteiger charge is -2.51. The maximum atomic E-state index is 5.86. The van der Waals surface area contributed by atoms with Crippen molar-refractivity contribution in [1.29, 1.82) is 0 Å². The van der Waals surface area contributed by atoms with E-state index in [0.29, 0.717) is 0 Å². The fourth-order valence-electron chi connectivity index (χ4n) is 13.3. The number of benzene rings is 10. The first-order valence-corrected chi connectivity index (χ1v) is 30.6. The van der Waals surface area contributed by atoms with Crippen LogP contribution < -0.4 is 57.5 Å². The number of rotatable bonds is 20.